The highest BCUT2D eigenvalue weighted by Gasteiger charge is 2.49. The molecule has 0 fully saturated rings. The van der Waals surface area contributed by atoms with Gasteiger partial charge in [-0.1, -0.05) is 48.2 Å². The molecule has 31 heavy (non-hydrogen) atoms. The van der Waals surface area contributed by atoms with Crippen molar-refractivity contribution in [1.82, 2.24) is 0 Å². The SMILES string of the molecule is COC(=O)C(N)(CC#Cc1ccccc1)S(=O)(=O)c1ccc(Oc2ccccc2)cc1. The predicted molar refractivity (Wildman–Crippen MR) is 117 cm³/mol. The lowest BCUT2D eigenvalue weighted by Gasteiger charge is -2.24. The van der Waals surface area contributed by atoms with Gasteiger partial charge in [-0.25, -0.2) is 13.2 Å². The molecule has 3 rings (SSSR count). The zero-order chi connectivity index (χ0) is 22.3. The number of para-hydroxylation sites is 1. The number of esters is 1. The molecule has 1 unspecified atom stereocenters. The summed E-state index contributed by atoms with van der Waals surface area (Å²) in [7, 11) is -3.23. The Labute approximate surface area is 181 Å². The molecule has 0 heterocycles. The van der Waals surface area contributed by atoms with Gasteiger partial charge in [0, 0.05) is 5.56 Å². The molecule has 0 aromatic heterocycles. The van der Waals surface area contributed by atoms with Gasteiger partial charge in [0.15, 0.2) is 0 Å². The Kier molecular flexibility index (Phi) is 6.75. The summed E-state index contributed by atoms with van der Waals surface area (Å²) in [6.07, 6.45) is -0.431. The molecule has 0 saturated carbocycles. The Bertz CT molecular complexity index is 1200. The van der Waals surface area contributed by atoms with Crippen molar-refractivity contribution < 1.29 is 22.7 Å². The van der Waals surface area contributed by atoms with Gasteiger partial charge in [-0.3, -0.25) is 0 Å². The first-order chi connectivity index (χ1) is 14.9. The smallest absolute Gasteiger partial charge is 0.343 e. The quantitative estimate of drug-likeness (QED) is 0.470. The van der Waals surface area contributed by atoms with Gasteiger partial charge in [-0.15, -0.1) is 0 Å². The van der Waals surface area contributed by atoms with Crippen molar-refractivity contribution in [2.75, 3.05) is 7.11 Å². The minimum absolute atomic E-state index is 0.137. The molecule has 0 radical (unpaired) electrons. The number of sulfone groups is 1. The second-order valence-corrected chi connectivity index (χ2v) is 8.82. The summed E-state index contributed by atoms with van der Waals surface area (Å²) in [6, 6.07) is 23.7. The van der Waals surface area contributed by atoms with Gasteiger partial charge in [-0.05, 0) is 48.5 Å². The highest BCUT2D eigenvalue weighted by molar-refractivity contribution is 7.93. The van der Waals surface area contributed by atoms with E-state index in [2.05, 4.69) is 11.8 Å². The van der Waals surface area contributed by atoms with E-state index in [0.29, 0.717) is 17.1 Å². The van der Waals surface area contributed by atoms with Crippen molar-refractivity contribution in [3.05, 3.63) is 90.5 Å². The van der Waals surface area contributed by atoms with E-state index in [1.54, 1.807) is 36.4 Å². The summed E-state index contributed by atoms with van der Waals surface area (Å²) >= 11 is 0. The molecule has 0 aliphatic rings. The van der Waals surface area contributed by atoms with Crippen LogP contribution in [0.5, 0.6) is 11.5 Å². The summed E-state index contributed by atoms with van der Waals surface area (Å²) in [5.74, 6) is 5.48. The number of rotatable bonds is 6. The van der Waals surface area contributed by atoms with Crippen LogP contribution in [-0.2, 0) is 19.4 Å². The minimum Gasteiger partial charge on any atom is -0.467 e. The van der Waals surface area contributed by atoms with Gasteiger partial charge < -0.3 is 15.2 Å². The fraction of sp³-hybridized carbons (Fsp3) is 0.125. The molecule has 3 aromatic carbocycles. The van der Waals surface area contributed by atoms with E-state index in [4.69, 9.17) is 15.2 Å². The van der Waals surface area contributed by atoms with Crippen LogP contribution in [0.25, 0.3) is 0 Å². The monoisotopic (exact) mass is 435 g/mol. The fourth-order valence-corrected chi connectivity index (χ4v) is 4.25. The Morgan fingerprint density at radius 3 is 2.03 bits per heavy atom. The van der Waals surface area contributed by atoms with E-state index in [9.17, 15) is 13.2 Å². The third kappa shape index (κ3) is 4.94. The van der Waals surface area contributed by atoms with E-state index in [1.807, 2.05) is 24.3 Å². The Hall–Kier alpha value is -3.60. The molecule has 158 valence electrons. The molecule has 7 heteroatoms. The van der Waals surface area contributed by atoms with Crippen molar-refractivity contribution >= 4 is 15.8 Å². The van der Waals surface area contributed by atoms with Crippen LogP contribution in [0.2, 0.25) is 0 Å². The standard InChI is InChI=1S/C24H21NO5S/c1-29-23(26)24(25,18-8-11-19-9-4-2-5-10-19)31(27,28)22-16-14-21(15-17-22)30-20-12-6-3-7-13-20/h2-7,9-10,12-17H,18,25H2,1H3. The molecule has 2 N–H and O–H groups in total. The Balaban J connectivity index is 1.88. The average Bonchev–Trinajstić information content (AvgIpc) is 2.80. The average molecular weight is 436 g/mol. The van der Waals surface area contributed by atoms with Gasteiger partial charge >= 0.3 is 5.97 Å². The second-order valence-electron chi connectivity index (χ2n) is 6.62. The van der Waals surface area contributed by atoms with Gasteiger partial charge in [0.05, 0.1) is 18.4 Å². The highest BCUT2D eigenvalue weighted by atomic mass is 32.2. The first-order valence-corrected chi connectivity index (χ1v) is 10.8. The maximum absolute atomic E-state index is 13.2. The molecule has 0 amide bonds. The third-order valence-corrected chi connectivity index (χ3v) is 6.64. The number of carbonyl (C=O) groups excluding carboxylic acids is 1. The van der Waals surface area contributed by atoms with E-state index >= 15 is 0 Å². The third-order valence-electron chi connectivity index (χ3n) is 4.48. The zero-order valence-corrected chi connectivity index (χ0v) is 17.6. The topological polar surface area (TPSA) is 95.7 Å². The summed E-state index contributed by atoms with van der Waals surface area (Å²) < 4.78 is 36.8. The summed E-state index contributed by atoms with van der Waals surface area (Å²) in [4.78, 5) is 9.89. The molecule has 1 atom stereocenters. The Morgan fingerprint density at radius 2 is 1.45 bits per heavy atom. The minimum atomic E-state index is -4.31. The van der Waals surface area contributed by atoms with Gasteiger partial charge in [0.2, 0.25) is 14.7 Å². The maximum Gasteiger partial charge on any atom is 0.343 e. The fourth-order valence-electron chi connectivity index (χ4n) is 2.77. The molecule has 0 aliphatic carbocycles. The molecule has 0 bridgehead atoms. The van der Waals surface area contributed by atoms with Crippen molar-refractivity contribution in [2.45, 2.75) is 16.2 Å². The van der Waals surface area contributed by atoms with Crippen LogP contribution in [0.15, 0.2) is 89.8 Å². The van der Waals surface area contributed by atoms with Crippen molar-refractivity contribution in [1.29, 1.82) is 0 Å². The number of ether oxygens (including phenoxy) is 2. The lowest BCUT2D eigenvalue weighted by molar-refractivity contribution is -0.143. The first-order valence-electron chi connectivity index (χ1n) is 9.35. The maximum atomic E-state index is 13.2. The van der Waals surface area contributed by atoms with Gasteiger partial charge in [0.25, 0.3) is 0 Å². The second kappa shape index (κ2) is 9.47. The molecule has 0 aliphatic heterocycles. The molecule has 3 aromatic rings. The molecular weight excluding hydrogens is 414 g/mol. The van der Waals surface area contributed by atoms with Crippen molar-refractivity contribution in [3.8, 4) is 23.3 Å². The number of methoxy groups -OCH3 is 1. The normalized spacial score (nSPS) is 12.7. The number of nitrogens with two attached hydrogens (primary N) is 1. The number of hydrogen-bond donors (Lipinski definition) is 1. The van der Waals surface area contributed by atoms with Crippen LogP contribution in [0.3, 0.4) is 0 Å². The molecule has 6 nitrogen and oxygen atoms in total. The van der Waals surface area contributed by atoms with Crippen LogP contribution in [0, 0.1) is 11.8 Å². The largest absolute Gasteiger partial charge is 0.467 e. The summed E-state index contributed by atoms with van der Waals surface area (Å²) in [5.41, 5.74) is 6.77. The lowest BCUT2D eigenvalue weighted by Crippen LogP contribution is -2.55. The van der Waals surface area contributed by atoms with E-state index in [0.717, 1.165) is 7.11 Å². The van der Waals surface area contributed by atoms with Crippen LogP contribution in [0.4, 0.5) is 0 Å². The highest BCUT2D eigenvalue weighted by Crippen LogP contribution is 2.29. The zero-order valence-electron chi connectivity index (χ0n) is 16.8. The lowest BCUT2D eigenvalue weighted by atomic mass is 10.2. The van der Waals surface area contributed by atoms with Gasteiger partial charge in [0.1, 0.15) is 11.5 Å². The molecule has 0 saturated heterocycles. The van der Waals surface area contributed by atoms with E-state index in [1.165, 1.54) is 24.3 Å². The van der Waals surface area contributed by atoms with Crippen LogP contribution >= 0.6 is 0 Å². The van der Waals surface area contributed by atoms with E-state index in [-0.39, 0.29) is 4.90 Å². The summed E-state index contributed by atoms with van der Waals surface area (Å²) in [5, 5.41) is 0. The summed E-state index contributed by atoms with van der Waals surface area (Å²) in [6.45, 7) is 0. The number of hydrogen-bond acceptors (Lipinski definition) is 6. The van der Waals surface area contributed by atoms with Crippen LogP contribution in [0.1, 0.15) is 12.0 Å². The predicted octanol–water partition coefficient (Wildman–Crippen LogP) is 3.52. The number of carbonyl (C=O) groups is 1. The molecule has 0 spiro atoms. The Morgan fingerprint density at radius 1 is 0.903 bits per heavy atom. The van der Waals surface area contributed by atoms with Crippen molar-refractivity contribution in [3.63, 3.8) is 0 Å². The van der Waals surface area contributed by atoms with Crippen LogP contribution < -0.4 is 10.5 Å². The number of benzene rings is 3. The molecular formula is C24H21NO5S. The van der Waals surface area contributed by atoms with Crippen LogP contribution in [-0.4, -0.2) is 26.4 Å². The van der Waals surface area contributed by atoms with Crippen molar-refractivity contribution in [2.24, 2.45) is 5.73 Å². The van der Waals surface area contributed by atoms with E-state index < -0.39 is 27.1 Å². The van der Waals surface area contributed by atoms with Gasteiger partial charge in [-0.2, -0.15) is 0 Å². The first kappa shape index (κ1) is 22.1.